The molecule has 6 nitrogen and oxygen atoms in total. The van der Waals surface area contributed by atoms with E-state index in [1.165, 1.54) is 17.4 Å². The molecule has 0 unspecified atom stereocenters. The Bertz CT molecular complexity index is 1110. The smallest absolute Gasteiger partial charge is 0.273 e. The van der Waals surface area contributed by atoms with Gasteiger partial charge in [0.05, 0.1) is 11.1 Å². The maximum atomic E-state index is 14.4. The molecule has 2 amide bonds. The van der Waals surface area contributed by atoms with Gasteiger partial charge in [0, 0.05) is 50.7 Å². The van der Waals surface area contributed by atoms with E-state index >= 15 is 0 Å². The summed E-state index contributed by atoms with van der Waals surface area (Å²) in [6, 6.07) is 14.6. The monoisotopic (exact) mass is 450 g/mol. The minimum absolute atomic E-state index is 0.0231. The molecule has 5 rings (SSSR count). The first-order valence-corrected chi connectivity index (χ1v) is 11.6. The quantitative estimate of drug-likeness (QED) is 0.613. The minimum atomic E-state index is -0.493. The van der Waals surface area contributed by atoms with Crippen LogP contribution in [0.5, 0.6) is 0 Å². The molecule has 0 bridgehead atoms. The number of likely N-dealkylation sites (tertiary alicyclic amines) is 1. The van der Waals surface area contributed by atoms with Crippen LogP contribution in [0.15, 0.2) is 59.4 Å². The first kappa shape index (κ1) is 20.8. The van der Waals surface area contributed by atoms with Gasteiger partial charge in [0.15, 0.2) is 0 Å². The number of hydrogen-bond acceptors (Lipinski definition) is 5. The van der Waals surface area contributed by atoms with Gasteiger partial charge in [-0.15, -0.1) is 11.3 Å². The van der Waals surface area contributed by atoms with Crippen LogP contribution >= 0.6 is 11.3 Å². The number of benzene rings is 2. The summed E-state index contributed by atoms with van der Waals surface area (Å²) in [5.41, 5.74) is 4.07. The second-order valence-electron chi connectivity index (χ2n) is 8.13. The van der Waals surface area contributed by atoms with E-state index < -0.39 is 5.82 Å². The maximum Gasteiger partial charge on any atom is 0.273 e. The zero-order valence-electron chi connectivity index (χ0n) is 17.5. The van der Waals surface area contributed by atoms with E-state index in [0.29, 0.717) is 31.9 Å². The van der Waals surface area contributed by atoms with Crippen LogP contribution in [0, 0.1) is 5.82 Å². The Morgan fingerprint density at radius 3 is 2.34 bits per heavy atom. The Hall–Kier alpha value is -3.10. The maximum absolute atomic E-state index is 14.4. The summed E-state index contributed by atoms with van der Waals surface area (Å²) in [4.78, 5) is 35.3. The van der Waals surface area contributed by atoms with Crippen molar-refractivity contribution in [3.8, 4) is 11.1 Å². The molecule has 164 valence electrons. The highest BCUT2D eigenvalue weighted by Crippen LogP contribution is 2.25. The standard InChI is InChI=1S/C24H23FN4O2S/c25-21-7-6-18(17-4-2-1-3-5-17)12-20(21)23(30)29-13-19(14-29)27-8-10-28(11-9-27)24(31)22-15-32-16-26-22/h1-7,12,15-16,19H,8-11,13-14H2. The molecule has 0 saturated carbocycles. The summed E-state index contributed by atoms with van der Waals surface area (Å²) in [7, 11) is 0. The van der Waals surface area contributed by atoms with Gasteiger partial charge in [-0.05, 0) is 23.3 Å². The number of piperazine rings is 1. The van der Waals surface area contributed by atoms with Crippen molar-refractivity contribution in [3.05, 3.63) is 76.5 Å². The van der Waals surface area contributed by atoms with Crippen molar-refractivity contribution in [2.24, 2.45) is 0 Å². The number of carbonyl (C=O) groups is 2. The van der Waals surface area contributed by atoms with Crippen LogP contribution in [-0.4, -0.2) is 76.8 Å². The molecular formula is C24H23FN4O2S. The number of nitrogens with zero attached hydrogens (tertiary/aromatic N) is 4. The third-order valence-electron chi connectivity index (χ3n) is 6.22. The molecule has 32 heavy (non-hydrogen) atoms. The van der Waals surface area contributed by atoms with Gasteiger partial charge < -0.3 is 9.80 Å². The highest BCUT2D eigenvalue weighted by atomic mass is 32.1. The van der Waals surface area contributed by atoms with Gasteiger partial charge >= 0.3 is 0 Å². The van der Waals surface area contributed by atoms with Gasteiger partial charge in [-0.25, -0.2) is 9.37 Å². The summed E-state index contributed by atoms with van der Waals surface area (Å²) < 4.78 is 14.4. The lowest BCUT2D eigenvalue weighted by Crippen LogP contribution is -2.64. The Morgan fingerprint density at radius 1 is 0.906 bits per heavy atom. The largest absolute Gasteiger partial charge is 0.335 e. The van der Waals surface area contributed by atoms with Gasteiger partial charge in [0.2, 0.25) is 0 Å². The molecule has 2 aromatic carbocycles. The van der Waals surface area contributed by atoms with Crippen molar-refractivity contribution in [1.82, 2.24) is 19.7 Å². The van der Waals surface area contributed by atoms with Gasteiger partial charge in [0.1, 0.15) is 11.5 Å². The third-order valence-corrected chi connectivity index (χ3v) is 6.81. The number of thiazole rings is 1. The fourth-order valence-corrected chi connectivity index (χ4v) is 4.82. The fraction of sp³-hybridized carbons (Fsp3) is 0.292. The van der Waals surface area contributed by atoms with Crippen LogP contribution in [0.3, 0.4) is 0 Å². The lowest BCUT2D eigenvalue weighted by atomic mass is 10.00. The summed E-state index contributed by atoms with van der Waals surface area (Å²) in [6.45, 7) is 3.98. The molecule has 0 atom stereocenters. The van der Waals surface area contributed by atoms with Gasteiger partial charge in [0.25, 0.3) is 11.8 Å². The molecule has 0 N–H and O–H groups in total. The zero-order valence-corrected chi connectivity index (χ0v) is 18.3. The molecule has 8 heteroatoms. The van der Waals surface area contributed by atoms with Crippen LogP contribution in [-0.2, 0) is 0 Å². The molecule has 0 aliphatic carbocycles. The van der Waals surface area contributed by atoms with Gasteiger partial charge in [-0.1, -0.05) is 36.4 Å². The van der Waals surface area contributed by atoms with Crippen LogP contribution in [0.25, 0.3) is 11.1 Å². The van der Waals surface area contributed by atoms with Crippen LogP contribution in [0.1, 0.15) is 20.8 Å². The van der Waals surface area contributed by atoms with Crippen molar-refractivity contribution in [3.63, 3.8) is 0 Å². The van der Waals surface area contributed by atoms with Crippen LogP contribution in [0.2, 0.25) is 0 Å². The number of carbonyl (C=O) groups excluding carboxylic acids is 2. The Morgan fingerprint density at radius 2 is 1.66 bits per heavy atom. The van der Waals surface area contributed by atoms with Crippen molar-refractivity contribution in [2.45, 2.75) is 6.04 Å². The second kappa shape index (κ2) is 8.80. The normalized spacial score (nSPS) is 17.3. The van der Waals surface area contributed by atoms with Gasteiger partial charge in [-0.2, -0.15) is 0 Å². The Kier molecular flexibility index (Phi) is 5.71. The summed E-state index contributed by atoms with van der Waals surface area (Å²) >= 11 is 1.42. The highest BCUT2D eigenvalue weighted by molar-refractivity contribution is 7.07. The molecule has 0 radical (unpaired) electrons. The van der Waals surface area contributed by atoms with Crippen molar-refractivity contribution in [1.29, 1.82) is 0 Å². The predicted molar refractivity (Wildman–Crippen MR) is 121 cm³/mol. The first-order valence-electron chi connectivity index (χ1n) is 10.7. The van der Waals surface area contributed by atoms with E-state index in [2.05, 4.69) is 9.88 Å². The molecule has 0 spiro atoms. The average Bonchev–Trinajstić information content (AvgIpc) is 3.34. The molecule has 2 fully saturated rings. The summed E-state index contributed by atoms with van der Waals surface area (Å²) in [6.07, 6.45) is 0. The van der Waals surface area contributed by atoms with E-state index in [-0.39, 0.29) is 23.4 Å². The zero-order chi connectivity index (χ0) is 22.1. The molecule has 3 heterocycles. The van der Waals surface area contributed by atoms with Crippen molar-refractivity contribution >= 4 is 23.2 Å². The Balaban J connectivity index is 1.18. The third kappa shape index (κ3) is 4.03. The molecule has 1 aromatic heterocycles. The lowest BCUT2D eigenvalue weighted by Gasteiger charge is -2.48. The number of amides is 2. The van der Waals surface area contributed by atoms with Crippen LogP contribution in [0.4, 0.5) is 4.39 Å². The molecule has 3 aromatic rings. The summed E-state index contributed by atoms with van der Waals surface area (Å²) in [5, 5.41) is 1.77. The van der Waals surface area contributed by atoms with E-state index in [1.807, 2.05) is 35.2 Å². The average molecular weight is 451 g/mol. The predicted octanol–water partition coefficient (Wildman–Crippen LogP) is 3.23. The van der Waals surface area contributed by atoms with Gasteiger partial charge in [-0.3, -0.25) is 14.5 Å². The number of halogens is 1. The minimum Gasteiger partial charge on any atom is -0.335 e. The number of aromatic nitrogens is 1. The van der Waals surface area contributed by atoms with Crippen molar-refractivity contribution < 1.29 is 14.0 Å². The summed E-state index contributed by atoms with van der Waals surface area (Å²) in [5.74, 6) is -0.786. The number of rotatable bonds is 4. The van der Waals surface area contributed by atoms with E-state index in [0.717, 1.165) is 24.2 Å². The number of hydrogen-bond donors (Lipinski definition) is 0. The second-order valence-corrected chi connectivity index (χ2v) is 8.85. The highest BCUT2D eigenvalue weighted by Gasteiger charge is 2.37. The fourth-order valence-electron chi connectivity index (χ4n) is 4.29. The SMILES string of the molecule is O=C(c1cscn1)N1CCN(C2CN(C(=O)c3cc(-c4ccccc4)ccc3F)C2)CC1. The first-order chi connectivity index (χ1) is 15.6. The Labute approximate surface area is 189 Å². The van der Waals surface area contributed by atoms with E-state index in [4.69, 9.17) is 0 Å². The molecule has 2 aliphatic heterocycles. The molecular weight excluding hydrogens is 427 g/mol. The van der Waals surface area contributed by atoms with Crippen LogP contribution < -0.4 is 0 Å². The van der Waals surface area contributed by atoms with E-state index in [9.17, 15) is 14.0 Å². The topological polar surface area (TPSA) is 56.8 Å². The van der Waals surface area contributed by atoms with Crippen molar-refractivity contribution in [2.75, 3.05) is 39.3 Å². The lowest BCUT2D eigenvalue weighted by molar-refractivity contribution is 0.00822. The molecule has 2 aliphatic rings. The van der Waals surface area contributed by atoms with E-state index in [1.54, 1.807) is 27.9 Å². The molecule has 2 saturated heterocycles.